The summed E-state index contributed by atoms with van der Waals surface area (Å²) < 4.78 is 14.6. The van der Waals surface area contributed by atoms with Gasteiger partial charge in [-0.1, -0.05) is 150 Å². The van der Waals surface area contributed by atoms with Crippen LogP contribution in [0, 0.1) is 17.8 Å². The van der Waals surface area contributed by atoms with Crippen molar-refractivity contribution >= 4 is 38.0 Å². The van der Waals surface area contributed by atoms with Crippen molar-refractivity contribution in [2.24, 2.45) is 17.8 Å². The van der Waals surface area contributed by atoms with E-state index < -0.39 is 16.6 Å². The Kier molecular flexibility index (Phi) is 10.3. The third-order valence-corrected chi connectivity index (χ3v) is 19.1. The molecule has 2 aliphatic carbocycles. The first-order valence-corrected chi connectivity index (χ1v) is 21.6. The van der Waals surface area contributed by atoms with Crippen molar-refractivity contribution in [2.45, 2.75) is 96.6 Å². The van der Waals surface area contributed by atoms with E-state index in [0.717, 1.165) is 12.8 Å². The number of hydrogen-bond donors (Lipinski definition) is 0. The maximum atomic E-state index is 13.3. The Morgan fingerprint density at radius 2 is 1.36 bits per heavy atom. The molecular formula is C39H52O3Si2. The van der Waals surface area contributed by atoms with E-state index in [-0.39, 0.29) is 35.0 Å². The molecule has 5 heteroatoms. The molecule has 0 amide bonds. The third-order valence-electron chi connectivity index (χ3n) is 10.5. The monoisotopic (exact) mass is 624 g/mol. The zero-order valence-electron chi connectivity index (χ0n) is 27.7. The predicted molar refractivity (Wildman–Crippen MR) is 189 cm³/mol. The van der Waals surface area contributed by atoms with Gasteiger partial charge in [0.15, 0.2) is 8.32 Å². The maximum Gasteiger partial charge on any atom is 0.288 e. The molecule has 3 nitrogen and oxygen atoms in total. The van der Waals surface area contributed by atoms with E-state index in [9.17, 15) is 4.79 Å². The standard InChI is InChI=1S/C39H52O3Si2/c1-7-8-12-19-30(41-43(5,6)39(2,3)4)26-27-34-35-29-38(36(34)28-37(35)40)42-44(31-20-13-9-14-21-31,32-22-15-10-16-23-32)33-24-17-11-18-25-33/h9-11,13-18,20-27,30,34-36,38H,7-8,12,19,28-29H2,1-6H3. The zero-order valence-corrected chi connectivity index (χ0v) is 29.7. The summed E-state index contributed by atoms with van der Waals surface area (Å²) in [6.07, 6.45) is 10.9. The average molecular weight is 625 g/mol. The number of hydrogen-bond acceptors (Lipinski definition) is 3. The lowest BCUT2D eigenvalue weighted by atomic mass is 9.95. The normalized spacial score (nSPS) is 23.0. The van der Waals surface area contributed by atoms with Crippen molar-refractivity contribution in [3.05, 3.63) is 103 Å². The molecule has 0 heterocycles. The fourth-order valence-corrected chi connectivity index (χ4v) is 12.5. The highest BCUT2D eigenvalue weighted by molar-refractivity contribution is 7.07. The van der Waals surface area contributed by atoms with E-state index in [1.807, 2.05) is 0 Å². The van der Waals surface area contributed by atoms with Crippen LogP contribution in [-0.4, -0.2) is 34.6 Å². The predicted octanol–water partition coefficient (Wildman–Crippen LogP) is 7.79. The lowest BCUT2D eigenvalue weighted by Crippen LogP contribution is -2.70. The van der Waals surface area contributed by atoms with Gasteiger partial charge in [0.25, 0.3) is 8.32 Å². The number of Topliss-reactive ketones (excluding diaryl/α,β-unsaturated/α-hetero) is 1. The van der Waals surface area contributed by atoms with Crippen LogP contribution >= 0.6 is 0 Å². The molecule has 2 saturated carbocycles. The van der Waals surface area contributed by atoms with Crippen LogP contribution in [0.1, 0.15) is 66.2 Å². The Bertz CT molecular complexity index is 1280. The summed E-state index contributed by atoms with van der Waals surface area (Å²) in [4.78, 5) is 13.3. The summed E-state index contributed by atoms with van der Waals surface area (Å²) in [7, 11) is -4.78. The van der Waals surface area contributed by atoms with Crippen LogP contribution < -0.4 is 15.6 Å². The van der Waals surface area contributed by atoms with Gasteiger partial charge in [-0.15, -0.1) is 0 Å². The van der Waals surface area contributed by atoms with Gasteiger partial charge in [0, 0.05) is 12.3 Å². The summed E-state index contributed by atoms with van der Waals surface area (Å²) in [5.41, 5.74) is 0. The topological polar surface area (TPSA) is 35.5 Å². The average Bonchev–Trinajstić information content (AvgIpc) is 3.51. The molecular weight excluding hydrogens is 573 g/mol. The molecule has 2 bridgehead atoms. The number of benzene rings is 3. The number of allylic oxidation sites excluding steroid dienone is 1. The highest BCUT2D eigenvalue weighted by Gasteiger charge is 2.55. The molecule has 234 valence electrons. The van der Waals surface area contributed by atoms with E-state index in [0.29, 0.717) is 12.2 Å². The van der Waals surface area contributed by atoms with Crippen LogP contribution in [-0.2, 0) is 13.6 Å². The van der Waals surface area contributed by atoms with Crippen LogP contribution in [0.25, 0.3) is 0 Å². The van der Waals surface area contributed by atoms with Gasteiger partial charge in [0.05, 0.1) is 12.2 Å². The summed E-state index contributed by atoms with van der Waals surface area (Å²) in [6.45, 7) is 13.9. The van der Waals surface area contributed by atoms with Gasteiger partial charge in [0.2, 0.25) is 0 Å². The van der Waals surface area contributed by atoms with Gasteiger partial charge in [0.1, 0.15) is 5.78 Å². The second-order valence-electron chi connectivity index (χ2n) is 14.5. The highest BCUT2D eigenvalue weighted by atomic mass is 28.4. The number of carbonyl (C=O) groups excluding carboxylic acids is 1. The Labute approximate surface area is 268 Å². The first kappa shape index (κ1) is 32.8. The molecule has 2 aliphatic rings. The van der Waals surface area contributed by atoms with Gasteiger partial charge in [-0.05, 0) is 58.4 Å². The number of carbonyl (C=O) groups is 1. The molecule has 2 fully saturated rings. The van der Waals surface area contributed by atoms with Crippen LogP contribution in [0.3, 0.4) is 0 Å². The number of unbranched alkanes of at least 4 members (excludes halogenated alkanes) is 2. The van der Waals surface area contributed by atoms with Gasteiger partial charge in [-0.25, -0.2) is 0 Å². The van der Waals surface area contributed by atoms with E-state index in [2.05, 4.69) is 144 Å². The second-order valence-corrected chi connectivity index (χ2v) is 22.6. The Morgan fingerprint density at radius 3 is 1.84 bits per heavy atom. The Morgan fingerprint density at radius 1 is 0.841 bits per heavy atom. The summed E-state index contributed by atoms with van der Waals surface area (Å²) >= 11 is 0. The summed E-state index contributed by atoms with van der Waals surface area (Å²) in [6, 6.07) is 32.4. The first-order valence-electron chi connectivity index (χ1n) is 16.8. The van der Waals surface area contributed by atoms with Crippen molar-refractivity contribution in [1.82, 2.24) is 0 Å². The minimum absolute atomic E-state index is 0.0273. The smallest absolute Gasteiger partial charge is 0.288 e. The van der Waals surface area contributed by atoms with Gasteiger partial charge >= 0.3 is 0 Å². The van der Waals surface area contributed by atoms with E-state index >= 15 is 0 Å². The van der Waals surface area contributed by atoms with Crippen LogP contribution in [0.15, 0.2) is 103 Å². The van der Waals surface area contributed by atoms with Gasteiger partial charge in [-0.2, -0.15) is 0 Å². The number of rotatable bonds is 13. The molecule has 44 heavy (non-hydrogen) atoms. The largest absolute Gasteiger partial charge is 0.411 e. The number of fused-ring (bicyclic) bond motifs is 2. The maximum absolute atomic E-state index is 13.3. The van der Waals surface area contributed by atoms with Crippen molar-refractivity contribution < 1.29 is 13.6 Å². The van der Waals surface area contributed by atoms with Crippen molar-refractivity contribution in [3.8, 4) is 0 Å². The lowest BCUT2D eigenvalue weighted by molar-refractivity contribution is -0.123. The SMILES string of the molecule is CCCCCC(C=CC1C2CC(O[Si](c3ccccc3)(c3ccccc3)c3ccccc3)C1CC2=O)O[Si](C)(C)C(C)(C)C. The van der Waals surface area contributed by atoms with Gasteiger partial charge in [-0.3, -0.25) is 4.79 Å². The fourth-order valence-electron chi connectivity index (χ4n) is 7.09. The molecule has 0 N–H and O–H groups in total. The summed E-state index contributed by atoms with van der Waals surface area (Å²) in [5, 5.41) is 3.90. The second kappa shape index (κ2) is 13.8. The van der Waals surface area contributed by atoms with E-state index in [1.54, 1.807) is 0 Å². The molecule has 3 aromatic carbocycles. The molecule has 5 rings (SSSR count). The molecule has 0 spiro atoms. The van der Waals surface area contributed by atoms with E-state index in [4.69, 9.17) is 8.85 Å². The molecule has 0 saturated heterocycles. The molecule has 5 atom stereocenters. The minimum Gasteiger partial charge on any atom is -0.411 e. The fraction of sp³-hybridized carbons (Fsp3) is 0.462. The van der Waals surface area contributed by atoms with E-state index in [1.165, 1.54) is 34.8 Å². The number of ketones is 1. The molecule has 3 aromatic rings. The first-order chi connectivity index (χ1) is 21.1. The molecule has 0 aliphatic heterocycles. The van der Waals surface area contributed by atoms with Crippen LogP contribution in [0.2, 0.25) is 18.1 Å². The third kappa shape index (κ3) is 6.81. The Balaban J connectivity index is 1.47. The van der Waals surface area contributed by atoms with Crippen molar-refractivity contribution in [1.29, 1.82) is 0 Å². The van der Waals surface area contributed by atoms with Crippen LogP contribution in [0.5, 0.6) is 0 Å². The minimum atomic E-state index is -2.85. The molecule has 0 aromatic heterocycles. The van der Waals surface area contributed by atoms with Crippen LogP contribution in [0.4, 0.5) is 0 Å². The van der Waals surface area contributed by atoms with Crippen molar-refractivity contribution in [2.75, 3.05) is 0 Å². The quantitative estimate of drug-likeness (QED) is 0.0843. The highest BCUT2D eigenvalue weighted by Crippen LogP contribution is 2.50. The molecule has 0 radical (unpaired) electrons. The lowest BCUT2D eigenvalue weighted by Gasteiger charge is -2.39. The molecule has 5 unspecified atom stereocenters. The van der Waals surface area contributed by atoms with Crippen molar-refractivity contribution in [3.63, 3.8) is 0 Å². The summed E-state index contributed by atoms with van der Waals surface area (Å²) in [5.74, 6) is 0.831. The zero-order chi connectivity index (χ0) is 31.4. The Hall–Kier alpha value is -2.58. The van der Waals surface area contributed by atoms with Gasteiger partial charge < -0.3 is 8.85 Å².